The average molecular weight is 392 g/mol. The lowest BCUT2D eigenvalue weighted by Crippen LogP contribution is -2.32. The lowest BCUT2D eigenvalue weighted by atomic mass is 10.2. The van der Waals surface area contributed by atoms with Gasteiger partial charge in [0.2, 0.25) is 17.7 Å². The molecule has 0 radical (unpaired) electrons. The van der Waals surface area contributed by atoms with Gasteiger partial charge in [-0.3, -0.25) is 14.4 Å². The van der Waals surface area contributed by atoms with Gasteiger partial charge in [0, 0.05) is 43.9 Å². The number of nitrogens with one attached hydrogen (secondary N) is 2. The van der Waals surface area contributed by atoms with Crippen LogP contribution in [0, 0.1) is 5.82 Å². The monoisotopic (exact) mass is 391 g/mol. The second-order valence-electron chi connectivity index (χ2n) is 5.83. The first-order valence-corrected chi connectivity index (χ1v) is 8.54. The van der Waals surface area contributed by atoms with Crippen LogP contribution in [0.4, 0.5) is 21.5 Å². The Balaban J connectivity index is 2.01. The first-order chi connectivity index (χ1) is 12.8. The molecule has 0 atom stereocenters. The van der Waals surface area contributed by atoms with Crippen LogP contribution in [-0.4, -0.2) is 24.3 Å². The second-order valence-corrected chi connectivity index (χ2v) is 6.24. The van der Waals surface area contributed by atoms with Crippen molar-refractivity contribution < 1.29 is 18.8 Å². The molecule has 0 spiro atoms. The number of anilines is 3. The predicted molar refractivity (Wildman–Crippen MR) is 103 cm³/mol. The topological polar surface area (TPSA) is 78.5 Å². The van der Waals surface area contributed by atoms with Gasteiger partial charge in [0.15, 0.2) is 0 Å². The second kappa shape index (κ2) is 9.14. The van der Waals surface area contributed by atoms with E-state index in [4.69, 9.17) is 11.6 Å². The standard InChI is InChI=1S/C19H19ClFN3O3/c1-12(25)22-14-4-3-5-15(10-14)23-19(27)8-9-24(13(2)26)16-6-7-18(21)17(20)11-16/h3-7,10-11H,8-9H2,1-2H3,(H,22,25)(H,23,27). The quantitative estimate of drug-likeness (QED) is 0.785. The summed E-state index contributed by atoms with van der Waals surface area (Å²) in [7, 11) is 0. The summed E-state index contributed by atoms with van der Waals surface area (Å²) in [4.78, 5) is 36.5. The zero-order chi connectivity index (χ0) is 20.0. The molecule has 8 heteroatoms. The summed E-state index contributed by atoms with van der Waals surface area (Å²) >= 11 is 5.76. The highest BCUT2D eigenvalue weighted by Gasteiger charge is 2.15. The fraction of sp³-hybridized carbons (Fsp3) is 0.211. The van der Waals surface area contributed by atoms with Gasteiger partial charge >= 0.3 is 0 Å². The Morgan fingerprint density at radius 2 is 1.70 bits per heavy atom. The fourth-order valence-electron chi connectivity index (χ4n) is 2.44. The summed E-state index contributed by atoms with van der Waals surface area (Å²) in [6.45, 7) is 2.85. The van der Waals surface area contributed by atoms with Crippen molar-refractivity contribution >= 4 is 46.4 Å². The number of nitrogens with zero attached hydrogens (tertiary/aromatic N) is 1. The van der Waals surface area contributed by atoms with Gasteiger partial charge in [-0.1, -0.05) is 17.7 Å². The third-order valence-electron chi connectivity index (χ3n) is 3.62. The summed E-state index contributed by atoms with van der Waals surface area (Å²) in [5.74, 6) is -1.40. The van der Waals surface area contributed by atoms with E-state index < -0.39 is 5.82 Å². The van der Waals surface area contributed by atoms with Gasteiger partial charge in [-0.25, -0.2) is 4.39 Å². The van der Waals surface area contributed by atoms with Crippen LogP contribution in [0.5, 0.6) is 0 Å². The van der Waals surface area contributed by atoms with Gasteiger partial charge in [-0.05, 0) is 36.4 Å². The smallest absolute Gasteiger partial charge is 0.226 e. The number of halogens is 2. The van der Waals surface area contributed by atoms with Crippen molar-refractivity contribution in [2.75, 3.05) is 22.1 Å². The number of benzene rings is 2. The van der Waals surface area contributed by atoms with Crippen LogP contribution < -0.4 is 15.5 Å². The van der Waals surface area contributed by atoms with Crippen molar-refractivity contribution in [3.05, 3.63) is 53.3 Å². The van der Waals surface area contributed by atoms with E-state index in [2.05, 4.69) is 10.6 Å². The van der Waals surface area contributed by atoms with Gasteiger partial charge in [0.05, 0.1) is 5.02 Å². The van der Waals surface area contributed by atoms with Crippen molar-refractivity contribution in [3.63, 3.8) is 0 Å². The van der Waals surface area contributed by atoms with Crippen LogP contribution >= 0.6 is 11.6 Å². The molecule has 0 bridgehead atoms. The summed E-state index contributed by atoms with van der Waals surface area (Å²) in [6, 6.07) is 10.6. The molecule has 2 N–H and O–H groups in total. The Labute approximate surface area is 161 Å². The maximum Gasteiger partial charge on any atom is 0.226 e. The molecule has 2 rings (SSSR count). The van der Waals surface area contributed by atoms with E-state index >= 15 is 0 Å². The van der Waals surface area contributed by atoms with Crippen molar-refractivity contribution in [2.45, 2.75) is 20.3 Å². The van der Waals surface area contributed by atoms with E-state index in [1.807, 2.05) is 0 Å². The van der Waals surface area contributed by atoms with Crippen LogP contribution in [0.15, 0.2) is 42.5 Å². The van der Waals surface area contributed by atoms with Crippen LogP contribution in [0.1, 0.15) is 20.3 Å². The number of rotatable bonds is 6. The van der Waals surface area contributed by atoms with Crippen molar-refractivity contribution in [1.82, 2.24) is 0 Å². The largest absolute Gasteiger partial charge is 0.326 e. The van der Waals surface area contributed by atoms with Crippen LogP contribution in [-0.2, 0) is 14.4 Å². The lowest BCUT2D eigenvalue weighted by molar-refractivity contribution is -0.117. The normalized spacial score (nSPS) is 10.2. The molecule has 2 aromatic carbocycles. The molecule has 0 fully saturated rings. The molecular formula is C19H19ClFN3O3. The molecule has 2 aromatic rings. The molecule has 0 aliphatic carbocycles. The van der Waals surface area contributed by atoms with E-state index in [1.165, 1.54) is 36.9 Å². The lowest BCUT2D eigenvalue weighted by Gasteiger charge is -2.21. The minimum Gasteiger partial charge on any atom is -0.326 e. The summed E-state index contributed by atoms with van der Waals surface area (Å²) in [5, 5.41) is 5.24. The SMILES string of the molecule is CC(=O)Nc1cccc(NC(=O)CCN(C(C)=O)c2ccc(F)c(Cl)c2)c1. The molecule has 0 saturated heterocycles. The Hall–Kier alpha value is -2.93. The average Bonchev–Trinajstić information content (AvgIpc) is 2.57. The van der Waals surface area contributed by atoms with E-state index in [9.17, 15) is 18.8 Å². The Morgan fingerprint density at radius 1 is 1.04 bits per heavy atom. The highest BCUT2D eigenvalue weighted by Crippen LogP contribution is 2.23. The maximum atomic E-state index is 13.3. The Morgan fingerprint density at radius 3 is 2.30 bits per heavy atom. The zero-order valence-electron chi connectivity index (χ0n) is 14.9. The van der Waals surface area contributed by atoms with Crippen molar-refractivity contribution in [2.24, 2.45) is 0 Å². The molecule has 0 aromatic heterocycles. The number of carbonyl (C=O) groups is 3. The fourth-order valence-corrected chi connectivity index (χ4v) is 2.61. The first kappa shape index (κ1) is 20.4. The van der Waals surface area contributed by atoms with Gasteiger partial charge in [-0.15, -0.1) is 0 Å². The summed E-state index contributed by atoms with van der Waals surface area (Å²) < 4.78 is 13.3. The molecule has 0 saturated carbocycles. The molecule has 142 valence electrons. The van der Waals surface area contributed by atoms with Crippen LogP contribution in [0.25, 0.3) is 0 Å². The summed E-state index contributed by atoms with van der Waals surface area (Å²) in [5.41, 5.74) is 1.49. The predicted octanol–water partition coefficient (Wildman–Crippen LogP) is 3.82. The van der Waals surface area contributed by atoms with E-state index in [0.717, 1.165) is 0 Å². The molecule has 0 heterocycles. The van der Waals surface area contributed by atoms with E-state index in [-0.39, 0.29) is 35.7 Å². The highest BCUT2D eigenvalue weighted by molar-refractivity contribution is 6.31. The van der Waals surface area contributed by atoms with Crippen LogP contribution in [0.3, 0.4) is 0 Å². The molecule has 27 heavy (non-hydrogen) atoms. The zero-order valence-corrected chi connectivity index (χ0v) is 15.6. The Kier molecular flexibility index (Phi) is 6.90. The molecule has 6 nitrogen and oxygen atoms in total. The van der Waals surface area contributed by atoms with E-state index in [0.29, 0.717) is 17.1 Å². The van der Waals surface area contributed by atoms with Crippen LogP contribution in [0.2, 0.25) is 5.02 Å². The Bertz CT molecular complexity index is 873. The number of carbonyl (C=O) groups excluding carboxylic acids is 3. The third kappa shape index (κ3) is 6.07. The van der Waals surface area contributed by atoms with Crippen molar-refractivity contribution in [3.8, 4) is 0 Å². The number of hydrogen-bond acceptors (Lipinski definition) is 3. The molecule has 0 aliphatic heterocycles. The van der Waals surface area contributed by atoms with Gasteiger partial charge in [0.25, 0.3) is 0 Å². The van der Waals surface area contributed by atoms with E-state index in [1.54, 1.807) is 24.3 Å². The number of hydrogen-bond donors (Lipinski definition) is 2. The molecule has 0 aliphatic rings. The third-order valence-corrected chi connectivity index (χ3v) is 3.91. The van der Waals surface area contributed by atoms with Gasteiger partial charge in [0.1, 0.15) is 5.82 Å². The first-order valence-electron chi connectivity index (χ1n) is 8.17. The van der Waals surface area contributed by atoms with Crippen molar-refractivity contribution in [1.29, 1.82) is 0 Å². The molecular weight excluding hydrogens is 373 g/mol. The molecule has 0 unspecified atom stereocenters. The van der Waals surface area contributed by atoms with Gasteiger partial charge < -0.3 is 15.5 Å². The summed E-state index contributed by atoms with van der Waals surface area (Å²) in [6.07, 6.45) is 0.0267. The minimum atomic E-state index is -0.583. The number of amides is 3. The molecule has 3 amide bonds. The minimum absolute atomic E-state index is 0.0267. The highest BCUT2D eigenvalue weighted by atomic mass is 35.5. The maximum absolute atomic E-state index is 13.3. The van der Waals surface area contributed by atoms with Gasteiger partial charge in [-0.2, -0.15) is 0 Å².